The fourth-order valence-corrected chi connectivity index (χ4v) is 2.23. The molecule has 2 aromatic heterocycles. The van der Waals surface area contributed by atoms with Gasteiger partial charge in [0.15, 0.2) is 11.2 Å². The second-order valence-electron chi connectivity index (χ2n) is 4.49. The average molecular weight is 333 g/mol. The minimum absolute atomic E-state index is 0.0209. The summed E-state index contributed by atoms with van der Waals surface area (Å²) in [6.45, 7) is 0.0962. The minimum Gasteiger partial charge on any atom is -0.379 e. The van der Waals surface area contributed by atoms with E-state index in [2.05, 4.69) is 19.5 Å². The first-order valence-corrected chi connectivity index (χ1v) is 7.76. The summed E-state index contributed by atoms with van der Waals surface area (Å²) in [5, 5.41) is 0. The van der Waals surface area contributed by atoms with Crippen LogP contribution in [0, 0.1) is 0 Å². The van der Waals surface area contributed by atoms with E-state index in [0.717, 1.165) is 0 Å². The second kappa shape index (κ2) is 6.55. The molecule has 0 unspecified atom stereocenters. The molecule has 0 aliphatic heterocycles. The zero-order valence-electron chi connectivity index (χ0n) is 11.7. The molecule has 0 fully saturated rings. The Morgan fingerprint density at radius 1 is 1.55 bits per heavy atom. The Labute approximate surface area is 124 Å². The first-order chi connectivity index (χ1) is 10.3. The van der Waals surface area contributed by atoms with Gasteiger partial charge >= 0.3 is 7.82 Å². The summed E-state index contributed by atoms with van der Waals surface area (Å²) >= 11 is 0. The first kappa shape index (κ1) is 16.6. The van der Waals surface area contributed by atoms with Crippen LogP contribution in [0.5, 0.6) is 0 Å². The molecule has 2 aromatic rings. The van der Waals surface area contributed by atoms with Crippen LogP contribution in [0.1, 0.15) is 6.42 Å². The van der Waals surface area contributed by atoms with Crippen LogP contribution in [-0.4, -0.2) is 49.1 Å². The number of hydrogen-bond donors (Lipinski definition) is 4. The monoisotopic (exact) mass is 333 g/mol. The quantitative estimate of drug-likeness (QED) is 0.475. The van der Waals surface area contributed by atoms with E-state index < -0.39 is 19.5 Å². The third-order valence-electron chi connectivity index (χ3n) is 2.95. The third kappa shape index (κ3) is 4.12. The van der Waals surface area contributed by atoms with Crippen LogP contribution in [0.15, 0.2) is 11.1 Å². The van der Waals surface area contributed by atoms with Crippen molar-refractivity contribution in [3.63, 3.8) is 0 Å². The molecule has 0 amide bonds. The highest BCUT2D eigenvalue weighted by Gasteiger charge is 2.18. The van der Waals surface area contributed by atoms with Gasteiger partial charge in [-0.15, -0.1) is 0 Å². The molecule has 0 bridgehead atoms. The summed E-state index contributed by atoms with van der Waals surface area (Å²) in [5.41, 5.74) is 5.54. The van der Waals surface area contributed by atoms with E-state index in [-0.39, 0.29) is 18.1 Å². The lowest BCUT2D eigenvalue weighted by molar-refractivity contribution is 0.0377. The van der Waals surface area contributed by atoms with Crippen LogP contribution in [0.2, 0.25) is 0 Å². The van der Waals surface area contributed by atoms with Gasteiger partial charge in [0.25, 0.3) is 5.56 Å². The zero-order valence-corrected chi connectivity index (χ0v) is 12.6. The molecule has 122 valence electrons. The molecule has 0 aliphatic carbocycles. The highest BCUT2D eigenvalue weighted by Crippen LogP contribution is 2.36. The average Bonchev–Trinajstić information content (AvgIpc) is 2.81. The molecule has 11 nitrogen and oxygen atoms in total. The van der Waals surface area contributed by atoms with Crippen molar-refractivity contribution in [3.8, 4) is 0 Å². The van der Waals surface area contributed by atoms with Crippen LogP contribution in [0.25, 0.3) is 11.2 Å². The van der Waals surface area contributed by atoms with E-state index >= 15 is 0 Å². The molecule has 0 spiro atoms. The first-order valence-electron chi connectivity index (χ1n) is 6.23. The molecular weight excluding hydrogens is 317 g/mol. The maximum absolute atomic E-state index is 11.6. The predicted molar refractivity (Wildman–Crippen MR) is 76.0 cm³/mol. The Hall–Kier alpha value is -1.78. The van der Waals surface area contributed by atoms with Crippen molar-refractivity contribution in [1.82, 2.24) is 19.5 Å². The lowest BCUT2D eigenvalue weighted by Crippen LogP contribution is -2.20. The molecule has 0 saturated carbocycles. The molecule has 2 rings (SSSR count). The molecule has 2 heterocycles. The van der Waals surface area contributed by atoms with Crippen molar-refractivity contribution in [3.05, 3.63) is 16.7 Å². The number of nitrogen functional groups attached to an aromatic ring is 1. The summed E-state index contributed by atoms with van der Waals surface area (Å²) < 4.78 is 21.8. The fourth-order valence-electron chi connectivity index (χ4n) is 1.87. The Morgan fingerprint density at radius 2 is 2.27 bits per heavy atom. The van der Waals surface area contributed by atoms with E-state index in [1.807, 2.05) is 0 Å². The largest absolute Gasteiger partial charge is 0.469 e. The number of aryl methyl sites for hydroxylation is 1. The summed E-state index contributed by atoms with van der Waals surface area (Å²) in [5.74, 6) is -0.0209. The zero-order chi connectivity index (χ0) is 16.3. The summed E-state index contributed by atoms with van der Waals surface area (Å²) in [4.78, 5) is 39.3. The number of nitrogens with zero attached hydrogens (tertiary/aromatic N) is 3. The number of ether oxygens (including phenoxy) is 1. The van der Waals surface area contributed by atoms with Crippen molar-refractivity contribution in [2.75, 3.05) is 19.5 Å². The number of rotatable bonds is 7. The van der Waals surface area contributed by atoms with Gasteiger partial charge in [0.2, 0.25) is 5.95 Å². The topological polar surface area (TPSA) is 166 Å². The standard InChI is InChI=1S/C10H16N5O6P/c1-20-6(4-21-22(17,18)19)2-3-15-5-12-7-8(15)13-10(11)14-9(7)16/h5-6H,2-4H2,1H3,(H2,17,18,19)(H3,11,13,14,16)/t6-/m0/s1. The van der Waals surface area contributed by atoms with Crippen molar-refractivity contribution < 1.29 is 23.6 Å². The highest BCUT2D eigenvalue weighted by atomic mass is 31.2. The number of phosphoric ester groups is 1. The summed E-state index contributed by atoms with van der Waals surface area (Å²) in [6.07, 6.45) is 1.27. The lowest BCUT2D eigenvalue weighted by atomic mass is 10.2. The van der Waals surface area contributed by atoms with Crippen molar-refractivity contribution in [1.29, 1.82) is 0 Å². The smallest absolute Gasteiger partial charge is 0.379 e. The SMILES string of the molecule is CO[C@@H](CCn1cnc2c(=O)[nH]c(N)nc21)COP(=O)(O)O. The number of aromatic amines is 1. The van der Waals surface area contributed by atoms with Crippen LogP contribution in [0.3, 0.4) is 0 Å². The lowest BCUT2D eigenvalue weighted by Gasteiger charge is -2.16. The molecule has 0 radical (unpaired) electrons. The van der Waals surface area contributed by atoms with Crippen molar-refractivity contribution in [2.24, 2.45) is 0 Å². The Kier molecular flexibility index (Phi) is 4.94. The van der Waals surface area contributed by atoms with Gasteiger partial charge in [0.05, 0.1) is 19.0 Å². The Bertz CT molecular complexity index is 752. The number of methoxy groups -OCH3 is 1. The minimum atomic E-state index is -4.54. The van der Waals surface area contributed by atoms with E-state index in [4.69, 9.17) is 20.3 Å². The second-order valence-corrected chi connectivity index (χ2v) is 5.73. The van der Waals surface area contributed by atoms with Gasteiger partial charge in [-0.2, -0.15) is 4.98 Å². The van der Waals surface area contributed by atoms with Gasteiger partial charge in [-0.05, 0) is 6.42 Å². The van der Waals surface area contributed by atoms with Crippen LogP contribution >= 0.6 is 7.82 Å². The Balaban J connectivity index is 2.07. The van der Waals surface area contributed by atoms with Crippen LogP contribution < -0.4 is 11.3 Å². The van der Waals surface area contributed by atoms with Gasteiger partial charge in [-0.3, -0.25) is 14.3 Å². The summed E-state index contributed by atoms with van der Waals surface area (Å²) in [6, 6.07) is 0. The maximum Gasteiger partial charge on any atom is 0.469 e. The number of hydrogen-bond acceptors (Lipinski definition) is 7. The fraction of sp³-hybridized carbons (Fsp3) is 0.500. The van der Waals surface area contributed by atoms with E-state index in [1.165, 1.54) is 13.4 Å². The molecule has 22 heavy (non-hydrogen) atoms. The van der Waals surface area contributed by atoms with Crippen molar-refractivity contribution in [2.45, 2.75) is 19.1 Å². The van der Waals surface area contributed by atoms with Gasteiger partial charge in [-0.1, -0.05) is 0 Å². The normalized spacial score (nSPS) is 13.6. The molecule has 0 aromatic carbocycles. The van der Waals surface area contributed by atoms with Gasteiger partial charge in [0, 0.05) is 13.7 Å². The Morgan fingerprint density at radius 3 is 2.91 bits per heavy atom. The van der Waals surface area contributed by atoms with E-state index in [9.17, 15) is 9.36 Å². The van der Waals surface area contributed by atoms with Crippen LogP contribution in [0.4, 0.5) is 5.95 Å². The molecule has 12 heteroatoms. The summed E-state index contributed by atoms with van der Waals surface area (Å²) in [7, 11) is -3.14. The van der Waals surface area contributed by atoms with Gasteiger partial charge in [0.1, 0.15) is 0 Å². The number of imidazole rings is 1. The molecule has 0 aliphatic rings. The number of anilines is 1. The van der Waals surface area contributed by atoms with Gasteiger partial charge in [-0.25, -0.2) is 9.55 Å². The molecule has 0 saturated heterocycles. The molecule has 1 atom stereocenters. The number of nitrogens with one attached hydrogen (secondary N) is 1. The molecule has 5 N–H and O–H groups in total. The third-order valence-corrected chi connectivity index (χ3v) is 3.43. The number of phosphoric acid groups is 1. The maximum atomic E-state index is 11.6. The molecular formula is C10H16N5O6P. The van der Waals surface area contributed by atoms with Crippen LogP contribution in [-0.2, 0) is 20.4 Å². The number of aromatic nitrogens is 4. The number of H-pyrrole nitrogens is 1. The van der Waals surface area contributed by atoms with Crippen molar-refractivity contribution >= 4 is 24.9 Å². The van der Waals surface area contributed by atoms with E-state index in [0.29, 0.717) is 18.6 Å². The van der Waals surface area contributed by atoms with E-state index in [1.54, 1.807) is 4.57 Å². The van der Waals surface area contributed by atoms with Gasteiger partial charge < -0.3 is 24.8 Å². The number of fused-ring (bicyclic) bond motifs is 1. The highest BCUT2D eigenvalue weighted by molar-refractivity contribution is 7.46. The number of nitrogens with two attached hydrogens (primary N) is 1. The predicted octanol–water partition coefficient (Wildman–Crippen LogP) is -0.784.